The molecule has 0 aliphatic carbocycles. The number of nitrogens with one attached hydrogen (secondary N) is 1. The smallest absolute Gasteiger partial charge is 0.282 e. The Labute approximate surface area is 112 Å². The van der Waals surface area contributed by atoms with Crippen molar-refractivity contribution >= 4 is 28.9 Å². The fourth-order valence-electron chi connectivity index (χ4n) is 1.41. The molecule has 0 aliphatic heterocycles. The van der Waals surface area contributed by atoms with Crippen molar-refractivity contribution < 1.29 is 9.72 Å². The summed E-state index contributed by atoms with van der Waals surface area (Å²) in [5.74, 6) is -0.649. The first-order valence-electron chi connectivity index (χ1n) is 5.08. The van der Waals surface area contributed by atoms with Crippen molar-refractivity contribution in [3.8, 4) is 0 Å². The molecule has 0 spiro atoms. The molecule has 1 heterocycles. The Bertz CT molecular complexity index is 633. The van der Waals surface area contributed by atoms with Crippen LogP contribution in [-0.2, 0) is 0 Å². The van der Waals surface area contributed by atoms with Crippen molar-refractivity contribution in [1.29, 1.82) is 0 Å². The fourth-order valence-corrected chi connectivity index (χ4v) is 1.58. The van der Waals surface area contributed by atoms with E-state index in [0.29, 0.717) is 5.69 Å². The van der Waals surface area contributed by atoms with Crippen LogP contribution >= 0.6 is 11.6 Å². The fraction of sp³-hybridized carbons (Fsp3) is 0. The second-order valence-corrected chi connectivity index (χ2v) is 3.94. The summed E-state index contributed by atoms with van der Waals surface area (Å²) in [6.45, 7) is 0. The van der Waals surface area contributed by atoms with Crippen LogP contribution in [-0.4, -0.2) is 20.8 Å². The molecule has 1 N–H and O–H groups in total. The minimum Gasteiger partial charge on any atom is -0.319 e. The van der Waals surface area contributed by atoms with E-state index < -0.39 is 10.8 Å². The Morgan fingerprint density at radius 1 is 1.32 bits per heavy atom. The number of carbonyl (C=O) groups excluding carboxylic acids is 1. The number of rotatable bonds is 3. The van der Waals surface area contributed by atoms with Gasteiger partial charge in [0.1, 0.15) is 11.9 Å². The van der Waals surface area contributed by atoms with Gasteiger partial charge in [0.2, 0.25) is 0 Å². The van der Waals surface area contributed by atoms with Crippen molar-refractivity contribution in [3.63, 3.8) is 0 Å². The van der Waals surface area contributed by atoms with Gasteiger partial charge in [-0.2, -0.15) is 0 Å². The van der Waals surface area contributed by atoms with Gasteiger partial charge in [-0.05, 0) is 12.1 Å². The quantitative estimate of drug-likeness (QED) is 0.686. The molecule has 1 aromatic heterocycles. The largest absolute Gasteiger partial charge is 0.319 e. The number of aromatic nitrogens is 2. The maximum Gasteiger partial charge on any atom is 0.282 e. The average molecular weight is 279 g/mol. The lowest BCUT2D eigenvalue weighted by Gasteiger charge is -2.05. The highest BCUT2D eigenvalue weighted by Crippen LogP contribution is 2.23. The van der Waals surface area contributed by atoms with Crippen LogP contribution in [0, 0.1) is 10.1 Å². The van der Waals surface area contributed by atoms with Crippen LogP contribution in [0.4, 0.5) is 11.4 Å². The van der Waals surface area contributed by atoms with Gasteiger partial charge < -0.3 is 5.32 Å². The van der Waals surface area contributed by atoms with E-state index in [9.17, 15) is 14.9 Å². The molecule has 8 heteroatoms. The Hall–Kier alpha value is -2.54. The zero-order valence-electron chi connectivity index (χ0n) is 9.41. The van der Waals surface area contributed by atoms with E-state index in [0.717, 1.165) is 0 Å². The van der Waals surface area contributed by atoms with Gasteiger partial charge in [-0.25, -0.2) is 9.97 Å². The van der Waals surface area contributed by atoms with E-state index in [-0.39, 0.29) is 16.3 Å². The summed E-state index contributed by atoms with van der Waals surface area (Å²) in [6, 6.07) is 3.76. The molecule has 0 saturated carbocycles. The predicted octanol–water partition coefficient (Wildman–Crippen LogP) is 2.29. The topological polar surface area (TPSA) is 98.0 Å². The number of benzene rings is 1. The molecule has 1 amide bonds. The first-order valence-corrected chi connectivity index (χ1v) is 5.46. The second kappa shape index (κ2) is 5.40. The van der Waals surface area contributed by atoms with E-state index in [1.165, 1.54) is 36.9 Å². The molecule has 0 atom stereocenters. The zero-order valence-corrected chi connectivity index (χ0v) is 10.2. The predicted molar refractivity (Wildman–Crippen MR) is 68.1 cm³/mol. The van der Waals surface area contributed by atoms with E-state index >= 15 is 0 Å². The molecule has 2 rings (SSSR count). The molecule has 2 aromatic rings. The number of hydrogen-bond donors (Lipinski definition) is 1. The molecule has 19 heavy (non-hydrogen) atoms. The molecule has 0 aliphatic rings. The molecule has 1 aromatic carbocycles. The van der Waals surface area contributed by atoms with Crippen molar-refractivity contribution in [2.24, 2.45) is 0 Å². The maximum atomic E-state index is 12.0. The summed E-state index contributed by atoms with van der Waals surface area (Å²) in [6.07, 6.45) is 4.06. The number of hydrogen-bond acceptors (Lipinski definition) is 5. The van der Waals surface area contributed by atoms with Crippen LogP contribution in [0.15, 0.2) is 36.9 Å². The van der Waals surface area contributed by atoms with Crippen molar-refractivity contribution in [3.05, 3.63) is 57.6 Å². The summed E-state index contributed by atoms with van der Waals surface area (Å²) in [7, 11) is 0. The molecule has 0 bridgehead atoms. The SMILES string of the molecule is O=C(Nc1cncnc1)c1cc(Cl)ccc1[N+](=O)[O-]. The summed E-state index contributed by atoms with van der Waals surface area (Å²) >= 11 is 5.74. The lowest BCUT2D eigenvalue weighted by Crippen LogP contribution is -2.14. The summed E-state index contributed by atoms with van der Waals surface area (Å²) in [5, 5.41) is 13.5. The normalized spacial score (nSPS) is 9.95. The van der Waals surface area contributed by atoms with E-state index in [1.807, 2.05) is 0 Å². The van der Waals surface area contributed by atoms with E-state index in [2.05, 4.69) is 15.3 Å². The number of nitrogens with zero attached hydrogens (tertiary/aromatic N) is 3. The second-order valence-electron chi connectivity index (χ2n) is 3.50. The molecule has 0 radical (unpaired) electrons. The molecule has 0 fully saturated rings. The highest BCUT2D eigenvalue weighted by molar-refractivity contribution is 6.31. The van der Waals surface area contributed by atoms with Gasteiger partial charge in [0.25, 0.3) is 11.6 Å². The van der Waals surface area contributed by atoms with Crippen LogP contribution in [0.5, 0.6) is 0 Å². The van der Waals surface area contributed by atoms with Gasteiger partial charge in [0.15, 0.2) is 0 Å². The number of amides is 1. The van der Waals surface area contributed by atoms with Crippen LogP contribution in [0.25, 0.3) is 0 Å². The molecule has 96 valence electrons. The van der Waals surface area contributed by atoms with Crippen molar-refractivity contribution in [2.45, 2.75) is 0 Å². The third-order valence-electron chi connectivity index (χ3n) is 2.22. The molecule has 7 nitrogen and oxygen atoms in total. The van der Waals surface area contributed by atoms with Crippen LogP contribution in [0.1, 0.15) is 10.4 Å². The van der Waals surface area contributed by atoms with Gasteiger partial charge in [-0.1, -0.05) is 11.6 Å². The third-order valence-corrected chi connectivity index (χ3v) is 2.45. The maximum absolute atomic E-state index is 12.0. The molecular formula is C11H7ClN4O3. The van der Waals surface area contributed by atoms with Crippen LogP contribution in [0.3, 0.4) is 0 Å². The van der Waals surface area contributed by atoms with Crippen LogP contribution in [0.2, 0.25) is 5.02 Å². The van der Waals surface area contributed by atoms with Crippen LogP contribution < -0.4 is 5.32 Å². The third kappa shape index (κ3) is 3.02. The first-order chi connectivity index (χ1) is 9.08. The van der Waals surface area contributed by atoms with Gasteiger partial charge in [-0.15, -0.1) is 0 Å². The Morgan fingerprint density at radius 2 is 2.00 bits per heavy atom. The van der Waals surface area contributed by atoms with E-state index in [1.54, 1.807) is 0 Å². The number of anilines is 1. The van der Waals surface area contributed by atoms with E-state index in [4.69, 9.17) is 11.6 Å². The lowest BCUT2D eigenvalue weighted by atomic mass is 10.1. The number of carbonyl (C=O) groups is 1. The number of halogens is 1. The Balaban J connectivity index is 2.33. The summed E-state index contributed by atoms with van der Waals surface area (Å²) in [4.78, 5) is 29.6. The standard InChI is InChI=1S/C11H7ClN4O3/c12-7-1-2-10(16(18)19)9(3-7)11(17)15-8-4-13-6-14-5-8/h1-6H,(H,15,17). The Kier molecular flexibility index (Phi) is 3.67. The van der Waals surface area contributed by atoms with Gasteiger partial charge in [0, 0.05) is 11.1 Å². The molecule has 0 saturated heterocycles. The van der Waals surface area contributed by atoms with Gasteiger partial charge >= 0.3 is 0 Å². The van der Waals surface area contributed by atoms with Gasteiger partial charge in [0.05, 0.1) is 23.0 Å². The minimum absolute atomic E-state index is 0.124. The zero-order chi connectivity index (χ0) is 13.8. The average Bonchev–Trinajstić information content (AvgIpc) is 2.39. The monoisotopic (exact) mass is 278 g/mol. The molecule has 0 unspecified atom stereocenters. The first kappa shape index (κ1) is 12.9. The van der Waals surface area contributed by atoms with Crippen molar-refractivity contribution in [2.75, 3.05) is 5.32 Å². The van der Waals surface area contributed by atoms with Crippen molar-refractivity contribution in [1.82, 2.24) is 9.97 Å². The minimum atomic E-state index is -0.649. The molecular weight excluding hydrogens is 272 g/mol. The highest BCUT2D eigenvalue weighted by atomic mass is 35.5. The highest BCUT2D eigenvalue weighted by Gasteiger charge is 2.20. The summed E-state index contributed by atoms with van der Waals surface area (Å²) in [5.41, 5.74) is -0.109. The Morgan fingerprint density at radius 3 is 2.63 bits per heavy atom. The van der Waals surface area contributed by atoms with Gasteiger partial charge in [-0.3, -0.25) is 14.9 Å². The number of nitro benzene ring substituents is 1. The summed E-state index contributed by atoms with van der Waals surface area (Å²) < 4.78 is 0. The number of nitro groups is 1. The lowest BCUT2D eigenvalue weighted by molar-refractivity contribution is -0.385.